The van der Waals surface area contributed by atoms with Gasteiger partial charge >= 0.3 is 0 Å². The molecule has 0 aliphatic heterocycles. The van der Waals surface area contributed by atoms with Crippen molar-refractivity contribution in [2.45, 2.75) is 20.0 Å². The van der Waals surface area contributed by atoms with Crippen LogP contribution in [0.15, 0.2) is 5.16 Å². The monoisotopic (exact) mass is 161 g/mol. The summed E-state index contributed by atoms with van der Waals surface area (Å²) in [4.78, 5) is 4.73. The van der Waals surface area contributed by atoms with Crippen LogP contribution in [0.1, 0.15) is 13.8 Å². The van der Waals surface area contributed by atoms with Crippen LogP contribution in [-0.4, -0.2) is 12.8 Å². The van der Waals surface area contributed by atoms with Gasteiger partial charge in [0.2, 0.25) is 0 Å². The SMILES string of the molecule is C#CC(ON=C)C(C)C.Cl. The van der Waals surface area contributed by atoms with Crippen LogP contribution < -0.4 is 0 Å². The highest BCUT2D eigenvalue weighted by molar-refractivity contribution is 5.85. The summed E-state index contributed by atoms with van der Waals surface area (Å²) in [6.45, 7) is 7.10. The van der Waals surface area contributed by atoms with E-state index < -0.39 is 0 Å². The second-order valence-corrected chi connectivity index (χ2v) is 2.07. The molecular formula is C7H12ClNO. The molecule has 0 radical (unpaired) electrons. The summed E-state index contributed by atoms with van der Waals surface area (Å²) in [5.74, 6) is 2.74. The van der Waals surface area contributed by atoms with E-state index in [9.17, 15) is 0 Å². The molecule has 0 spiro atoms. The van der Waals surface area contributed by atoms with Crippen LogP contribution in [0.2, 0.25) is 0 Å². The van der Waals surface area contributed by atoms with Crippen LogP contribution in [0, 0.1) is 18.3 Å². The quantitative estimate of drug-likeness (QED) is 0.351. The van der Waals surface area contributed by atoms with E-state index in [-0.39, 0.29) is 18.5 Å². The Balaban J connectivity index is 0. The van der Waals surface area contributed by atoms with E-state index in [2.05, 4.69) is 17.8 Å². The van der Waals surface area contributed by atoms with Gasteiger partial charge < -0.3 is 4.84 Å². The molecule has 3 heteroatoms. The zero-order valence-electron chi connectivity index (χ0n) is 6.20. The number of rotatable bonds is 3. The molecule has 0 bridgehead atoms. The number of halogens is 1. The molecule has 0 aliphatic carbocycles. The van der Waals surface area contributed by atoms with Gasteiger partial charge in [-0.1, -0.05) is 19.8 Å². The molecule has 0 rings (SSSR count). The van der Waals surface area contributed by atoms with Crippen LogP contribution in [-0.2, 0) is 4.84 Å². The van der Waals surface area contributed by atoms with Crippen LogP contribution in [0.25, 0.3) is 0 Å². The molecular weight excluding hydrogens is 150 g/mol. The van der Waals surface area contributed by atoms with E-state index in [0.29, 0.717) is 5.92 Å². The van der Waals surface area contributed by atoms with Crippen LogP contribution in [0.3, 0.4) is 0 Å². The highest BCUT2D eigenvalue weighted by Crippen LogP contribution is 2.04. The number of nitrogens with zero attached hydrogens (tertiary/aromatic N) is 1. The molecule has 0 aromatic heterocycles. The molecule has 0 amide bonds. The Labute approximate surface area is 68.0 Å². The number of hydrogen-bond acceptors (Lipinski definition) is 2. The summed E-state index contributed by atoms with van der Waals surface area (Å²) < 4.78 is 0. The third-order valence-corrected chi connectivity index (χ3v) is 0.958. The summed E-state index contributed by atoms with van der Waals surface area (Å²) in [5, 5.41) is 3.24. The van der Waals surface area contributed by atoms with Gasteiger partial charge in [0.15, 0.2) is 6.10 Å². The minimum absolute atomic E-state index is 0. The molecule has 0 aromatic rings. The van der Waals surface area contributed by atoms with Gasteiger partial charge in [0.05, 0.1) is 0 Å². The van der Waals surface area contributed by atoms with Crippen molar-refractivity contribution in [1.82, 2.24) is 0 Å². The van der Waals surface area contributed by atoms with Crippen molar-refractivity contribution in [2.75, 3.05) is 0 Å². The second kappa shape index (κ2) is 6.44. The Bertz CT molecular complexity index is 128. The van der Waals surface area contributed by atoms with Crippen molar-refractivity contribution in [3.63, 3.8) is 0 Å². The second-order valence-electron chi connectivity index (χ2n) is 2.07. The van der Waals surface area contributed by atoms with E-state index in [4.69, 9.17) is 11.3 Å². The molecule has 0 saturated heterocycles. The number of terminal acetylenes is 1. The molecule has 0 aliphatic rings. The van der Waals surface area contributed by atoms with Crippen molar-refractivity contribution in [1.29, 1.82) is 0 Å². The van der Waals surface area contributed by atoms with Crippen LogP contribution in [0.4, 0.5) is 0 Å². The number of oxime groups is 1. The Morgan fingerprint density at radius 2 is 2.10 bits per heavy atom. The normalized spacial score (nSPS) is 11.0. The minimum Gasteiger partial charge on any atom is -0.380 e. The third-order valence-electron chi connectivity index (χ3n) is 0.958. The smallest absolute Gasteiger partial charge is 0.189 e. The largest absolute Gasteiger partial charge is 0.380 e. The van der Waals surface area contributed by atoms with Gasteiger partial charge in [0.25, 0.3) is 0 Å². The molecule has 0 fully saturated rings. The first-order valence-electron chi connectivity index (χ1n) is 2.80. The van der Waals surface area contributed by atoms with Gasteiger partial charge in [-0.3, -0.25) is 0 Å². The van der Waals surface area contributed by atoms with Gasteiger partial charge in [0, 0.05) is 12.6 Å². The zero-order chi connectivity index (χ0) is 7.28. The Kier molecular flexibility index (Phi) is 7.75. The summed E-state index contributed by atoms with van der Waals surface area (Å²) >= 11 is 0. The van der Waals surface area contributed by atoms with Crippen LogP contribution in [0.5, 0.6) is 0 Å². The molecule has 0 N–H and O–H groups in total. The lowest BCUT2D eigenvalue weighted by atomic mass is 10.1. The molecule has 0 heterocycles. The van der Waals surface area contributed by atoms with E-state index in [1.54, 1.807) is 0 Å². The maximum absolute atomic E-state index is 5.10. The van der Waals surface area contributed by atoms with Crippen LogP contribution >= 0.6 is 12.4 Å². The van der Waals surface area contributed by atoms with Crippen molar-refractivity contribution in [3.05, 3.63) is 0 Å². The maximum Gasteiger partial charge on any atom is 0.189 e. The first-order chi connectivity index (χ1) is 4.22. The summed E-state index contributed by atoms with van der Waals surface area (Å²) in [6.07, 6.45) is 4.86. The zero-order valence-corrected chi connectivity index (χ0v) is 7.02. The summed E-state index contributed by atoms with van der Waals surface area (Å²) in [6, 6.07) is 0. The predicted molar refractivity (Wildman–Crippen MR) is 45.3 cm³/mol. The fourth-order valence-electron chi connectivity index (χ4n) is 0.425. The molecule has 1 unspecified atom stereocenters. The van der Waals surface area contributed by atoms with Gasteiger partial charge in [-0.05, 0) is 0 Å². The minimum atomic E-state index is -0.234. The standard InChI is InChI=1S/C7H11NO.ClH/c1-5-7(6(2)3)9-8-4;/h1,6-7H,4H2,2-3H3;1H. The van der Waals surface area contributed by atoms with E-state index in [0.717, 1.165) is 0 Å². The topological polar surface area (TPSA) is 21.6 Å². The van der Waals surface area contributed by atoms with Crippen molar-refractivity contribution in [2.24, 2.45) is 11.1 Å². The lowest BCUT2D eigenvalue weighted by Crippen LogP contribution is -2.14. The Hall–Kier alpha value is -0.680. The maximum atomic E-state index is 5.10. The average Bonchev–Trinajstić information content (AvgIpc) is 1.82. The van der Waals surface area contributed by atoms with E-state index in [1.807, 2.05) is 13.8 Å². The highest BCUT2D eigenvalue weighted by Gasteiger charge is 2.08. The van der Waals surface area contributed by atoms with E-state index >= 15 is 0 Å². The van der Waals surface area contributed by atoms with Crippen molar-refractivity contribution >= 4 is 19.1 Å². The summed E-state index contributed by atoms with van der Waals surface area (Å²) in [7, 11) is 0. The first-order valence-corrected chi connectivity index (χ1v) is 2.80. The molecule has 2 nitrogen and oxygen atoms in total. The third kappa shape index (κ3) is 4.22. The lowest BCUT2D eigenvalue weighted by Gasteiger charge is -2.10. The Morgan fingerprint density at radius 3 is 2.20 bits per heavy atom. The lowest BCUT2D eigenvalue weighted by molar-refractivity contribution is 0.0698. The molecule has 1 atom stereocenters. The van der Waals surface area contributed by atoms with E-state index in [1.165, 1.54) is 0 Å². The molecule has 0 saturated carbocycles. The Morgan fingerprint density at radius 1 is 1.60 bits per heavy atom. The van der Waals surface area contributed by atoms with Gasteiger partial charge in [-0.25, -0.2) is 0 Å². The highest BCUT2D eigenvalue weighted by atomic mass is 35.5. The molecule has 10 heavy (non-hydrogen) atoms. The fourth-order valence-corrected chi connectivity index (χ4v) is 0.425. The fraction of sp³-hybridized carbons (Fsp3) is 0.571. The van der Waals surface area contributed by atoms with Gasteiger partial charge in [0.1, 0.15) is 0 Å². The summed E-state index contributed by atoms with van der Waals surface area (Å²) in [5.41, 5.74) is 0. The van der Waals surface area contributed by atoms with Crippen molar-refractivity contribution < 1.29 is 4.84 Å². The average molecular weight is 162 g/mol. The molecule has 58 valence electrons. The molecule has 0 aromatic carbocycles. The predicted octanol–water partition coefficient (Wildman–Crippen LogP) is 1.70. The number of hydrogen-bond donors (Lipinski definition) is 0. The van der Waals surface area contributed by atoms with Gasteiger partial charge in [-0.15, -0.1) is 24.0 Å². The first kappa shape index (κ1) is 12.0. The van der Waals surface area contributed by atoms with Gasteiger partial charge in [-0.2, -0.15) is 0 Å². The van der Waals surface area contributed by atoms with Crippen molar-refractivity contribution in [3.8, 4) is 12.3 Å².